The van der Waals surface area contributed by atoms with Crippen molar-refractivity contribution in [2.45, 2.75) is 18.7 Å². The lowest BCUT2D eigenvalue weighted by Crippen LogP contribution is -2.18. The molecule has 0 aliphatic heterocycles. The van der Waals surface area contributed by atoms with Crippen LogP contribution in [0.1, 0.15) is 0 Å². The van der Waals surface area contributed by atoms with Crippen LogP contribution in [0.15, 0.2) is 0 Å². The van der Waals surface area contributed by atoms with Crippen molar-refractivity contribution in [2.75, 3.05) is 0 Å². The molecule has 4 heteroatoms. The standard InChI is InChI=1S/C3H7B2NS/c4-1-3(2-5)6-7/h3,6-7H,1-2H2. The molecule has 1 nitrogen and oxygen atoms in total. The molecule has 0 aromatic heterocycles. The lowest BCUT2D eigenvalue weighted by Gasteiger charge is -2.07. The zero-order valence-corrected chi connectivity index (χ0v) is 4.99. The molecule has 7 heavy (non-hydrogen) atoms. The number of nitrogens with one attached hydrogen (secondary N) is 1. The molecule has 0 atom stereocenters. The zero-order valence-electron chi connectivity index (χ0n) is 4.09. The van der Waals surface area contributed by atoms with E-state index in [9.17, 15) is 0 Å². The smallest absolute Gasteiger partial charge is 0.0674 e. The molecule has 1 N–H and O–H groups in total. The molecule has 0 aromatic rings. The Morgan fingerprint density at radius 3 is 1.86 bits per heavy atom. The zero-order chi connectivity index (χ0) is 5.70. The van der Waals surface area contributed by atoms with Crippen LogP contribution >= 0.6 is 12.8 Å². The van der Waals surface area contributed by atoms with Crippen molar-refractivity contribution < 1.29 is 0 Å². The SMILES string of the molecule is [B]CC(C[B])NS. The minimum Gasteiger partial charge on any atom is -0.265 e. The normalized spacial score (nSPS) is 10.0. The van der Waals surface area contributed by atoms with E-state index in [1.807, 2.05) is 0 Å². The molecular formula is C3H7B2NS. The molecule has 0 unspecified atom stereocenters. The van der Waals surface area contributed by atoms with E-state index in [2.05, 4.69) is 17.5 Å². The van der Waals surface area contributed by atoms with Gasteiger partial charge in [-0.15, -0.1) is 0 Å². The van der Waals surface area contributed by atoms with E-state index < -0.39 is 0 Å². The third kappa shape index (κ3) is 3.06. The summed E-state index contributed by atoms with van der Waals surface area (Å²) in [6.07, 6.45) is 1.08. The Balaban J connectivity index is 2.99. The summed E-state index contributed by atoms with van der Waals surface area (Å²) >= 11 is 3.77. The van der Waals surface area contributed by atoms with Gasteiger partial charge in [0, 0.05) is 6.04 Å². The van der Waals surface area contributed by atoms with E-state index in [4.69, 9.17) is 15.7 Å². The molecule has 0 bridgehead atoms. The van der Waals surface area contributed by atoms with Gasteiger partial charge in [-0.1, -0.05) is 25.5 Å². The van der Waals surface area contributed by atoms with Gasteiger partial charge < -0.3 is 0 Å². The fourth-order valence-electron chi connectivity index (χ4n) is 0.202. The van der Waals surface area contributed by atoms with Crippen LogP contribution in [0, 0.1) is 0 Å². The summed E-state index contributed by atoms with van der Waals surface area (Å²) in [6, 6.07) is 0.156. The summed E-state index contributed by atoms with van der Waals surface area (Å²) < 4.78 is 2.65. The van der Waals surface area contributed by atoms with E-state index in [0.717, 1.165) is 0 Å². The van der Waals surface area contributed by atoms with E-state index >= 15 is 0 Å². The van der Waals surface area contributed by atoms with Crippen LogP contribution in [0.5, 0.6) is 0 Å². The molecule has 0 amide bonds. The van der Waals surface area contributed by atoms with E-state index in [1.54, 1.807) is 0 Å². The van der Waals surface area contributed by atoms with Gasteiger partial charge in [0.2, 0.25) is 0 Å². The van der Waals surface area contributed by atoms with Crippen LogP contribution in [0.25, 0.3) is 0 Å². The van der Waals surface area contributed by atoms with E-state index in [1.165, 1.54) is 0 Å². The minimum absolute atomic E-state index is 0.156. The third-order valence-electron chi connectivity index (χ3n) is 0.752. The first-order valence-corrected chi connectivity index (χ1v) is 2.59. The summed E-state index contributed by atoms with van der Waals surface area (Å²) in [5.74, 6) is 0. The van der Waals surface area contributed by atoms with Crippen molar-refractivity contribution in [3.05, 3.63) is 0 Å². The molecule has 0 rings (SSSR count). The number of thiol groups is 1. The first-order valence-electron chi connectivity index (χ1n) is 2.15. The molecule has 4 radical (unpaired) electrons. The van der Waals surface area contributed by atoms with Crippen LogP contribution in [0.3, 0.4) is 0 Å². The second-order valence-corrected chi connectivity index (χ2v) is 1.56. The molecule has 0 heterocycles. The van der Waals surface area contributed by atoms with Crippen molar-refractivity contribution in [3.8, 4) is 0 Å². The van der Waals surface area contributed by atoms with Crippen molar-refractivity contribution in [3.63, 3.8) is 0 Å². The highest BCUT2D eigenvalue weighted by molar-refractivity contribution is 7.78. The Kier molecular flexibility index (Phi) is 4.88. The van der Waals surface area contributed by atoms with Gasteiger partial charge in [0.15, 0.2) is 0 Å². The second-order valence-electron chi connectivity index (χ2n) is 1.30. The molecular weight excluding hydrogens is 104 g/mol. The summed E-state index contributed by atoms with van der Waals surface area (Å²) in [7, 11) is 10.4. The van der Waals surface area contributed by atoms with Gasteiger partial charge in [-0.25, -0.2) is 0 Å². The Bertz CT molecular complexity index is 34.4. The first-order chi connectivity index (χ1) is 3.35. The maximum Gasteiger partial charge on any atom is 0.0674 e. The summed E-state index contributed by atoms with van der Waals surface area (Å²) in [5, 5.41) is 0. The highest BCUT2D eigenvalue weighted by atomic mass is 32.1. The molecule has 36 valence electrons. The molecule has 0 saturated carbocycles. The van der Waals surface area contributed by atoms with Crippen molar-refractivity contribution in [1.29, 1.82) is 0 Å². The monoisotopic (exact) mass is 111 g/mol. The number of hydrogen-bond acceptors (Lipinski definition) is 2. The van der Waals surface area contributed by atoms with Crippen molar-refractivity contribution in [2.24, 2.45) is 0 Å². The molecule has 0 saturated heterocycles. The maximum absolute atomic E-state index is 5.20. The molecule has 0 fully saturated rings. The number of rotatable bonds is 3. The molecule has 0 aliphatic carbocycles. The molecule has 0 spiro atoms. The highest BCUT2D eigenvalue weighted by Crippen LogP contribution is 1.92. The van der Waals surface area contributed by atoms with Gasteiger partial charge in [0.05, 0.1) is 15.7 Å². The van der Waals surface area contributed by atoms with Gasteiger partial charge in [0.25, 0.3) is 0 Å². The van der Waals surface area contributed by atoms with Gasteiger partial charge in [0.1, 0.15) is 0 Å². The van der Waals surface area contributed by atoms with Gasteiger partial charge in [-0.05, 0) is 0 Å². The Hall–Kier alpha value is 0.440. The van der Waals surface area contributed by atoms with Crippen LogP contribution < -0.4 is 4.72 Å². The lowest BCUT2D eigenvalue weighted by molar-refractivity contribution is 0.773. The fraction of sp³-hybridized carbons (Fsp3) is 1.00. The van der Waals surface area contributed by atoms with Crippen LogP contribution in [-0.4, -0.2) is 21.7 Å². The Morgan fingerprint density at radius 2 is 1.86 bits per heavy atom. The summed E-state index contributed by atoms with van der Waals surface area (Å²) in [5.41, 5.74) is 0. The van der Waals surface area contributed by atoms with Gasteiger partial charge in [-0.3, -0.25) is 4.72 Å². The van der Waals surface area contributed by atoms with Crippen molar-refractivity contribution >= 4 is 28.5 Å². The Morgan fingerprint density at radius 1 is 1.43 bits per heavy atom. The molecule has 0 aromatic carbocycles. The predicted octanol–water partition coefficient (Wildman–Crippen LogP) is -0.0370. The second kappa shape index (κ2) is 4.60. The van der Waals surface area contributed by atoms with Gasteiger partial charge in [-0.2, -0.15) is 0 Å². The predicted molar refractivity (Wildman–Crippen MR) is 37.0 cm³/mol. The Labute approximate surface area is 52.6 Å². The van der Waals surface area contributed by atoms with Gasteiger partial charge >= 0.3 is 0 Å². The number of hydrogen-bond donors (Lipinski definition) is 2. The summed E-state index contributed by atoms with van der Waals surface area (Å²) in [6.45, 7) is 0. The molecule has 0 aliphatic rings. The summed E-state index contributed by atoms with van der Waals surface area (Å²) in [4.78, 5) is 0. The fourth-order valence-corrected chi connectivity index (χ4v) is 0.412. The van der Waals surface area contributed by atoms with Crippen LogP contribution in [0.4, 0.5) is 0 Å². The highest BCUT2D eigenvalue weighted by Gasteiger charge is 1.94. The van der Waals surface area contributed by atoms with E-state index in [-0.39, 0.29) is 6.04 Å². The topological polar surface area (TPSA) is 12.0 Å². The van der Waals surface area contributed by atoms with Crippen LogP contribution in [0.2, 0.25) is 12.6 Å². The van der Waals surface area contributed by atoms with Crippen molar-refractivity contribution in [1.82, 2.24) is 4.72 Å². The first kappa shape index (κ1) is 7.44. The maximum atomic E-state index is 5.20. The van der Waals surface area contributed by atoms with Crippen LogP contribution in [-0.2, 0) is 0 Å². The third-order valence-corrected chi connectivity index (χ3v) is 1.12. The van der Waals surface area contributed by atoms with E-state index in [0.29, 0.717) is 12.6 Å². The largest absolute Gasteiger partial charge is 0.265 e. The average Bonchev–Trinajstić information content (AvgIpc) is 1.72. The average molecular weight is 111 g/mol. The minimum atomic E-state index is 0.156. The quantitative estimate of drug-likeness (QED) is 0.384. The lowest BCUT2D eigenvalue weighted by atomic mass is 9.88.